The van der Waals surface area contributed by atoms with Crippen molar-refractivity contribution in [3.8, 4) is 5.75 Å². The van der Waals surface area contributed by atoms with Crippen LogP contribution in [0.15, 0.2) is 24.3 Å². The van der Waals surface area contributed by atoms with Crippen LogP contribution in [0.4, 0.5) is 4.79 Å². The van der Waals surface area contributed by atoms with Gasteiger partial charge in [-0.25, -0.2) is 9.69 Å². The number of para-hydroxylation sites is 1. The van der Waals surface area contributed by atoms with Crippen LogP contribution in [0, 0.1) is 6.92 Å². The molecule has 4 nitrogen and oxygen atoms in total. The highest BCUT2D eigenvalue weighted by atomic mass is 16.6. The summed E-state index contributed by atoms with van der Waals surface area (Å²) in [4.78, 5) is 24.1. The monoisotopic (exact) mass is 219 g/mol. The molecule has 0 N–H and O–H groups in total. The van der Waals surface area contributed by atoms with Crippen LogP contribution < -0.4 is 4.74 Å². The molecule has 1 aliphatic rings. The third-order valence-electron chi connectivity index (χ3n) is 2.58. The molecule has 1 fully saturated rings. The van der Waals surface area contributed by atoms with Crippen LogP contribution >= 0.6 is 0 Å². The Labute approximate surface area is 93.8 Å². The molecule has 1 aliphatic heterocycles. The maximum Gasteiger partial charge on any atom is 0.421 e. The van der Waals surface area contributed by atoms with Gasteiger partial charge in [0.2, 0.25) is 5.91 Å². The van der Waals surface area contributed by atoms with Crippen LogP contribution in [-0.4, -0.2) is 23.4 Å². The summed E-state index contributed by atoms with van der Waals surface area (Å²) in [5, 5.41) is 0. The minimum atomic E-state index is -0.572. The Balaban J connectivity index is 2.08. The van der Waals surface area contributed by atoms with Crippen LogP contribution in [0.5, 0.6) is 5.75 Å². The van der Waals surface area contributed by atoms with Crippen molar-refractivity contribution in [1.29, 1.82) is 0 Å². The topological polar surface area (TPSA) is 46.6 Å². The molecule has 1 aromatic carbocycles. The van der Waals surface area contributed by atoms with Crippen LogP contribution in [0.2, 0.25) is 0 Å². The van der Waals surface area contributed by atoms with Gasteiger partial charge in [-0.2, -0.15) is 0 Å². The van der Waals surface area contributed by atoms with Gasteiger partial charge in [-0.05, 0) is 25.0 Å². The number of likely N-dealkylation sites (tertiary alicyclic amines) is 1. The molecular weight excluding hydrogens is 206 g/mol. The zero-order chi connectivity index (χ0) is 11.5. The molecule has 2 amide bonds. The van der Waals surface area contributed by atoms with E-state index in [1.54, 1.807) is 12.1 Å². The first kappa shape index (κ1) is 10.7. The molecule has 0 atom stereocenters. The van der Waals surface area contributed by atoms with Crippen LogP contribution in [-0.2, 0) is 4.79 Å². The summed E-state index contributed by atoms with van der Waals surface area (Å²) in [6, 6.07) is 7.23. The number of carbonyl (C=O) groups excluding carboxylic acids is 2. The fraction of sp³-hybridized carbons (Fsp3) is 0.333. The van der Waals surface area contributed by atoms with E-state index in [1.165, 1.54) is 0 Å². The largest absolute Gasteiger partial charge is 0.421 e. The van der Waals surface area contributed by atoms with Crippen molar-refractivity contribution in [3.05, 3.63) is 29.8 Å². The average Bonchev–Trinajstić information content (AvgIpc) is 2.68. The van der Waals surface area contributed by atoms with Crippen LogP contribution in [0.25, 0.3) is 0 Å². The number of rotatable bonds is 1. The standard InChI is InChI=1S/C12H13NO3/c1-9-5-2-3-6-10(9)16-12(15)13-8-4-7-11(13)14/h2-3,5-6H,4,7-8H2,1H3. The van der Waals surface area contributed by atoms with Gasteiger partial charge >= 0.3 is 6.09 Å². The smallest absolute Gasteiger partial charge is 0.410 e. The molecule has 0 saturated carbocycles. The van der Waals surface area contributed by atoms with Crippen molar-refractivity contribution in [2.75, 3.05) is 6.54 Å². The molecule has 0 unspecified atom stereocenters. The lowest BCUT2D eigenvalue weighted by molar-refractivity contribution is -0.125. The second kappa shape index (κ2) is 4.35. The number of nitrogens with zero attached hydrogens (tertiary/aromatic N) is 1. The summed E-state index contributed by atoms with van der Waals surface area (Å²) < 4.78 is 5.17. The summed E-state index contributed by atoms with van der Waals surface area (Å²) in [7, 11) is 0. The Hall–Kier alpha value is -1.84. The summed E-state index contributed by atoms with van der Waals surface area (Å²) in [6.07, 6.45) is 0.585. The minimum Gasteiger partial charge on any atom is -0.410 e. The average molecular weight is 219 g/mol. The Bertz CT molecular complexity index is 428. The number of carbonyl (C=O) groups is 2. The molecule has 0 aromatic heterocycles. The summed E-state index contributed by atoms with van der Waals surface area (Å²) in [6.45, 7) is 2.32. The maximum atomic E-state index is 11.7. The Morgan fingerprint density at radius 2 is 2.12 bits per heavy atom. The predicted octanol–water partition coefficient (Wildman–Crippen LogP) is 2.12. The second-order valence-corrected chi connectivity index (χ2v) is 3.78. The third-order valence-corrected chi connectivity index (χ3v) is 2.58. The van der Waals surface area contributed by atoms with E-state index in [0.717, 1.165) is 16.9 Å². The number of aryl methyl sites for hydroxylation is 1. The Kier molecular flexibility index (Phi) is 2.90. The lowest BCUT2D eigenvalue weighted by atomic mass is 10.2. The van der Waals surface area contributed by atoms with Crippen molar-refractivity contribution in [3.63, 3.8) is 0 Å². The van der Waals surface area contributed by atoms with E-state index in [0.29, 0.717) is 18.7 Å². The van der Waals surface area contributed by atoms with Crippen molar-refractivity contribution in [2.45, 2.75) is 19.8 Å². The highest BCUT2D eigenvalue weighted by Gasteiger charge is 2.28. The lowest BCUT2D eigenvalue weighted by Gasteiger charge is -2.14. The first-order chi connectivity index (χ1) is 7.68. The van der Waals surface area contributed by atoms with Gasteiger partial charge in [-0.1, -0.05) is 18.2 Å². The molecule has 0 spiro atoms. The van der Waals surface area contributed by atoms with Gasteiger partial charge in [-0.3, -0.25) is 4.79 Å². The zero-order valence-corrected chi connectivity index (χ0v) is 9.10. The molecule has 2 rings (SSSR count). The first-order valence-electron chi connectivity index (χ1n) is 5.26. The van der Waals surface area contributed by atoms with Gasteiger partial charge in [0.25, 0.3) is 0 Å². The van der Waals surface area contributed by atoms with E-state index in [2.05, 4.69) is 0 Å². The number of amides is 2. The normalized spacial score (nSPS) is 15.3. The molecular formula is C12H13NO3. The molecule has 16 heavy (non-hydrogen) atoms. The molecule has 0 bridgehead atoms. The van der Waals surface area contributed by atoms with Crippen molar-refractivity contribution in [1.82, 2.24) is 4.90 Å². The second-order valence-electron chi connectivity index (χ2n) is 3.78. The molecule has 0 radical (unpaired) electrons. The Morgan fingerprint density at radius 1 is 1.38 bits per heavy atom. The highest BCUT2D eigenvalue weighted by Crippen LogP contribution is 2.19. The van der Waals surface area contributed by atoms with Crippen molar-refractivity contribution >= 4 is 12.0 Å². The van der Waals surface area contributed by atoms with Crippen LogP contribution in [0.1, 0.15) is 18.4 Å². The van der Waals surface area contributed by atoms with E-state index in [4.69, 9.17) is 4.74 Å². The number of hydrogen-bond acceptors (Lipinski definition) is 3. The molecule has 1 aromatic rings. The molecule has 4 heteroatoms. The quantitative estimate of drug-likeness (QED) is 0.726. The first-order valence-corrected chi connectivity index (χ1v) is 5.26. The van der Waals surface area contributed by atoms with Gasteiger partial charge in [0.15, 0.2) is 0 Å². The van der Waals surface area contributed by atoms with E-state index in [-0.39, 0.29) is 5.91 Å². The Morgan fingerprint density at radius 3 is 2.75 bits per heavy atom. The number of imide groups is 1. The zero-order valence-electron chi connectivity index (χ0n) is 9.10. The third kappa shape index (κ3) is 2.05. The highest BCUT2D eigenvalue weighted by molar-refractivity contribution is 5.94. The van der Waals surface area contributed by atoms with Gasteiger partial charge in [0, 0.05) is 13.0 Å². The minimum absolute atomic E-state index is 0.154. The molecule has 1 saturated heterocycles. The molecule has 1 heterocycles. The number of hydrogen-bond donors (Lipinski definition) is 0. The molecule has 0 aliphatic carbocycles. The van der Waals surface area contributed by atoms with Gasteiger partial charge < -0.3 is 4.74 Å². The van der Waals surface area contributed by atoms with Crippen LogP contribution in [0.3, 0.4) is 0 Å². The van der Waals surface area contributed by atoms with E-state index < -0.39 is 6.09 Å². The summed E-state index contributed by atoms with van der Waals surface area (Å²) in [5.74, 6) is 0.353. The van der Waals surface area contributed by atoms with E-state index in [1.807, 2.05) is 19.1 Å². The fourth-order valence-corrected chi connectivity index (χ4v) is 1.66. The fourth-order valence-electron chi connectivity index (χ4n) is 1.66. The lowest BCUT2D eigenvalue weighted by Crippen LogP contribution is -2.34. The van der Waals surface area contributed by atoms with Gasteiger partial charge in [0.1, 0.15) is 5.75 Å². The SMILES string of the molecule is Cc1ccccc1OC(=O)N1CCCC1=O. The van der Waals surface area contributed by atoms with E-state index in [9.17, 15) is 9.59 Å². The van der Waals surface area contributed by atoms with Crippen molar-refractivity contribution in [2.24, 2.45) is 0 Å². The maximum absolute atomic E-state index is 11.7. The van der Waals surface area contributed by atoms with Gasteiger partial charge in [-0.15, -0.1) is 0 Å². The predicted molar refractivity (Wildman–Crippen MR) is 58.2 cm³/mol. The summed E-state index contributed by atoms with van der Waals surface area (Å²) in [5.41, 5.74) is 0.877. The number of benzene rings is 1. The van der Waals surface area contributed by atoms with Gasteiger partial charge in [0.05, 0.1) is 0 Å². The van der Waals surface area contributed by atoms with E-state index >= 15 is 0 Å². The summed E-state index contributed by atoms with van der Waals surface area (Å²) >= 11 is 0. The van der Waals surface area contributed by atoms with Crippen molar-refractivity contribution < 1.29 is 14.3 Å². The number of ether oxygens (including phenoxy) is 1. The molecule has 84 valence electrons.